The molecule has 1 amide bonds. The number of halogens is 2. The third-order valence-electron chi connectivity index (χ3n) is 5.43. The predicted molar refractivity (Wildman–Crippen MR) is 123 cm³/mol. The summed E-state index contributed by atoms with van der Waals surface area (Å²) in [5, 5.41) is 3.77. The Kier molecular flexibility index (Phi) is 5.43. The number of rotatable bonds is 6. The molecule has 33 heavy (non-hydrogen) atoms. The van der Waals surface area contributed by atoms with Crippen LogP contribution < -0.4 is 10.9 Å². The maximum atomic E-state index is 14.0. The number of nitrogens with zero attached hydrogens (tertiary/aromatic N) is 3. The van der Waals surface area contributed by atoms with E-state index in [4.69, 9.17) is 16.0 Å². The second-order valence-corrected chi connectivity index (χ2v) is 7.98. The number of furan rings is 1. The summed E-state index contributed by atoms with van der Waals surface area (Å²) in [5.41, 5.74) is 1.50. The Morgan fingerprint density at radius 2 is 2.00 bits per heavy atom. The molecule has 166 valence electrons. The van der Waals surface area contributed by atoms with Gasteiger partial charge in [-0.05, 0) is 42.0 Å². The Labute approximate surface area is 192 Å². The Morgan fingerprint density at radius 3 is 2.79 bits per heavy atom. The first-order valence-electron chi connectivity index (χ1n) is 10.2. The molecule has 0 spiro atoms. The first kappa shape index (κ1) is 21.0. The lowest BCUT2D eigenvalue weighted by Gasteiger charge is -2.10. The molecule has 9 heteroatoms. The van der Waals surface area contributed by atoms with E-state index in [0.29, 0.717) is 27.2 Å². The number of nitrogens with one attached hydrogen (secondary N) is 1. The highest BCUT2D eigenvalue weighted by atomic mass is 35.5. The van der Waals surface area contributed by atoms with Crippen LogP contribution in [0.25, 0.3) is 21.9 Å². The highest BCUT2D eigenvalue weighted by molar-refractivity contribution is 6.31. The summed E-state index contributed by atoms with van der Waals surface area (Å²) >= 11 is 6.26. The minimum atomic E-state index is -0.453. The van der Waals surface area contributed by atoms with Gasteiger partial charge in [0.05, 0.1) is 31.2 Å². The van der Waals surface area contributed by atoms with Gasteiger partial charge in [0.15, 0.2) is 0 Å². The van der Waals surface area contributed by atoms with Crippen molar-refractivity contribution in [1.82, 2.24) is 19.4 Å². The van der Waals surface area contributed by atoms with Gasteiger partial charge in [-0.15, -0.1) is 0 Å². The number of carbonyl (C=O) groups is 1. The molecular weight excluding hydrogens is 447 g/mol. The number of carbonyl (C=O) groups excluding carboxylic acids is 1. The molecule has 5 aromatic rings. The molecule has 0 aliphatic heterocycles. The first-order valence-corrected chi connectivity index (χ1v) is 10.6. The summed E-state index contributed by atoms with van der Waals surface area (Å²) < 4.78 is 22.2. The van der Waals surface area contributed by atoms with Gasteiger partial charge in [-0.1, -0.05) is 29.8 Å². The van der Waals surface area contributed by atoms with Gasteiger partial charge >= 0.3 is 0 Å². The lowest BCUT2D eigenvalue weighted by molar-refractivity contribution is -0.121. The number of fused-ring (bicyclic) bond motifs is 3. The smallest absolute Gasteiger partial charge is 0.278 e. The van der Waals surface area contributed by atoms with Crippen LogP contribution in [0.2, 0.25) is 5.02 Å². The van der Waals surface area contributed by atoms with E-state index in [1.807, 2.05) is 18.2 Å². The van der Waals surface area contributed by atoms with E-state index in [1.54, 1.807) is 28.8 Å². The van der Waals surface area contributed by atoms with E-state index in [-0.39, 0.29) is 36.6 Å². The second kappa shape index (κ2) is 8.55. The van der Waals surface area contributed by atoms with Crippen molar-refractivity contribution < 1.29 is 13.6 Å². The van der Waals surface area contributed by atoms with Gasteiger partial charge in [0.25, 0.3) is 5.56 Å². The van der Waals surface area contributed by atoms with Gasteiger partial charge in [-0.25, -0.2) is 9.37 Å². The van der Waals surface area contributed by atoms with Gasteiger partial charge in [-0.2, -0.15) is 0 Å². The quantitative estimate of drug-likeness (QED) is 0.410. The zero-order chi connectivity index (χ0) is 22.9. The monoisotopic (exact) mass is 464 g/mol. The largest absolute Gasteiger partial charge is 0.467 e. The fraction of sp³-hybridized carbons (Fsp3) is 0.125. The van der Waals surface area contributed by atoms with Crippen LogP contribution in [0, 0.1) is 5.82 Å². The van der Waals surface area contributed by atoms with Gasteiger partial charge < -0.3 is 14.3 Å². The molecule has 0 saturated heterocycles. The summed E-state index contributed by atoms with van der Waals surface area (Å²) in [7, 11) is 0. The normalized spacial score (nSPS) is 11.3. The molecular formula is C24H18ClFN4O3. The molecule has 0 bridgehead atoms. The van der Waals surface area contributed by atoms with Crippen LogP contribution in [-0.4, -0.2) is 20.0 Å². The zero-order valence-corrected chi connectivity index (χ0v) is 18.1. The lowest BCUT2D eigenvalue weighted by atomic mass is 10.2. The summed E-state index contributed by atoms with van der Waals surface area (Å²) in [6, 6.07) is 14.9. The summed E-state index contributed by atoms with van der Waals surface area (Å²) in [4.78, 5) is 30.6. The van der Waals surface area contributed by atoms with Crippen LogP contribution in [0.15, 0.2) is 76.4 Å². The van der Waals surface area contributed by atoms with E-state index in [0.717, 1.165) is 5.56 Å². The average Bonchev–Trinajstić information content (AvgIpc) is 3.42. The molecule has 0 radical (unpaired) electrons. The van der Waals surface area contributed by atoms with Crippen LogP contribution in [0.3, 0.4) is 0 Å². The molecule has 3 aromatic heterocycles. The summed E-state index contributed by atoms with van der Waals surface area (Å²) in [5.74, 6) is -0.169. The van der Waals surface area contributed by atoms with Crippen molar-refractivity contribution in [2.24, 2.45) is 0 Å². The van der Waals surface area contributed by atoms with E-state index in [1.165, 1.54) is 29.3 Å². The predicted octanol–water partition coefficient (Wildman–Crippen LogP) is 4.10. The van der Waals surface area contributed by atoms with Crippen molar-refractivity contribution in [2.45, 2.75) is 19.6 Å². The second-order valence-electron chi connectivity index (χ2n) is 7.57. The van der Waals surface area contributed by atoms with Crippen LogP contribution in [-0.2, 0) is 24.4 Å². The van der Waals surface area contributed by atoms with Gasteiger partial charge in [0.1, 0.15) is 29.2 Å². The van der Waals surface area contributed by atoms with Crippen molar-refractivity contribution in [3.8, 4) is 0 Å². The van der Waals surface area contributed by atoms with Crippen molar-refractivity contribution in [3.63, 3.8) is 0 Å². The number of aromatic nitrogens is 3. The fourth-order valence-corrected chi connectivity index (χ4v) is 4.05. The van der Waals surface area contributed by atoms with E-state index < -0.39 is 5.82 Å². The number of amides is 1. The molecule has 0 fully saturated rings. The Morgan fingerprint density at radius 1 is 1.15 bits per heavy atom. The SMILES string of the molecule is O=C(Cn1c2ccc(F)cc2c2ncn(Cc3ccccc3Cl)c(=O)c21)NCc1ccco1. The van der Waals surface area contributed by atoms with Crippen LogP contribution in [0.4, 0.5) is 4.39 Å². The average molecular weight is 465 g/mol. The number of hydrogen-bond donors (Lipinski definition) is 1. The Bertz CT molecular complexity index is 1540. The zero-order valence-electron chi connectivity index (χ0n) is 17.3. The minimum absolute atomic E-state index is 0.140. The molecule has 7 nitrogen and oxygen atoms in total. The fourth-order valence-electron chi connectivity index (χ4n) is 3.86. The minimum Gasteiger partial charge on any atom is -0.467 e. The van der Waals surface area contributed by atoms with Gasteiger partial charge in [0, 0.05) is 10.4 Å². The summed E-state index contributed by atoms with van der Waals surface area (Å²) in [6.07, 6.45) is 2.94. The van der Waals surface area contributed by atoms with Crippen LogP contribution >= 0.6 is 11.6 Å². The standard InChI is InChI=1S/C24H18ClFN4O3/c25-19-6-2-1-4-15(19)12-29-14-28-22-18-10-16(26)7-8-20(18)30(23(22)24(29)32)13-21(31)27-11-17-5-3-9-33-17/h1-10,14H,11-13H2,(H,27,31). The third-order valence-corrected chi connectivity index (χ3v) is 5.80. The summed E-state index contributed by atoms with van der Waals surface area (Å²) in [6.45, 7) is 0.286. The maximum Gasteiger partial charge on any atom is 0.278 e. The topological polar surface area (TPSA) is 82.1 Å². The molecule has 0 aliphatic carbocycles. The molecule has 2 aromatic carbocycles. The molecule has 0 atom stereocenters. The number of hydrogen-bond acceptors (Lipinski definition) is 4. The lowest BCUT2D eigenvalue weighted by Crippen LogP contribution is -2.29. The molecule has 0 unspecified atom stereocenters. The first-order chi connectivity index (χ1) is 16.0. The molecule has 3 heterocycles. The molecule has 5 rings (SSSR count). The molecule has 1 N–H and O–H groups in total. The van der Waals surface area contributed by atoms with Gasteiger partial charge in [0.2, 0.25) is 5.91 Å². The van der Waals surface area contributed by atoms with Crippen LogP contribution in [0.1, 0.15) is 11.3 Å². The van der Waals surface area contributed by atoms with E-state index in [2.05, 4.69) is 10.3 Å². The Balaban J connectivity index is 1.58. The van der Waals surface area contributed by atoms with E-state index in [9.17, 15) is 14.0 Å². The highest BCUT2D eigenvalue weighted by Gasteiger charge is 2.19. The van der Waals surface area contributed by atoms with Gasteiger partial charge in [-0.3, -0.25) is 14.2 Å². The van der Waals surface area contributed by atoms with E-state index >= 15 is 0 Å². The van der Waals surface area contributed by atoms with Crippen molar-refractivity contribution in [1.29, 1.82) is 0 Å². The number of benzene rings is 2. The molecule has 0 saturated carbocycles. The maximum absolute atomic E-state index is 14.0. The molecule has 0 aliphatic rings. The van der Waals surface area contributed by atoms with Crippen LogP contribution in [0.5, 0.6) is 0 Å². The highest BCUT2D eigenvalue weighted by Crippen LogP contribution is 2.26. The Hall–Kier alpha value is -3.91. The third kappa shape index (κ3) is 4.01. The van der Waals surface area contributed by atoms with Crippen molar-refractivity contribution in [2.75, 3.05) is 0 Å². The van der Waals surface area contributed by atoms with Crippen molar-refractivity contribution >= 4 is 39.4 Å². The van der Waals surface area contributed by atoms with Crippen molar-refractivity contribution in [3.05, 3.63) is 99.7 Å².